The topological polar surface area (TPSA) is 39.7 Å². The van der Waals surface area contributed by atoms with E-state index >= 15 is 0 Å². The van der Waals surface area contributed by atoms with E-state index in [4.69, 9.17) is 4.99 Å². The van der Waals surface area contributed by atoms with Crippen LogP contribution < -0.4 is 10.6 Å². The van der Waals surface area contributed by atoms with E-state index in [9.17, 15) is 0 Å². The maximum absolute atomic E-state index is 4.88. The van der Waals surface area contributed by atoms with E-state index < -0.39 is 0 Å². The average molecular weight is 506 g/mol. The lowest BCUT2D eigenvalue weighted by atomic mass is 10.1. The molecular weight excluding hydrogens is 471 g/mol. The fourth-order valence-electron chi connectivity index (χ4n) is 3.77. The molecule has 2 unspecified atom stereocenters. The molecule has 0 spiro atoms. The highest BCUT2D eigenvalue weighted by atomic mass is 127. The molecule has 0 radical (unpaired) electrons. The molecule has 1 saturated heterocycles. The fraction of sp³-hybridized carbons (Fsp3) is 0.458. The van der Waals surface area contributed by atoms with Gasteiger partial charge in [-0.15, -0.1) is 24.0 Å². The number of guanidine groups is 1. The largest absolute Gasteiger partial charge is 0.357 e. The van der Waals surface area contributed by atoms with Crippen molar-refractivity contribution in [3.05, 3.63) is 71.8 Å². The summed E-state index contributed by atoms with van der Waals surface area (Å²) in [7, 11) is 0. The zero-order chi connectivity index (χ0) is 19.6. The van der Waals surface area contributed by atoms with Crippen LogP contribution in [0.15, 0.2) is 65.7 Å². The molecule has 1 aliphatic heterocycles. The molecule has 5 heteroatoms. The number of aliphatic imine (C=N–C) groups is 1. The van der Waals surface area contributed by atoms with Gasteiger partial charge in [-0.3, -0.25) is 4.99 Å². The number of rotatable bonds is 8. The van der Waals surface area contributed by atoms with Gasteiger partial charge in [-0.25, -0.2) is 0 Å². The Morgan fingerprint density at radius 2 is 1.79 bits per heavy atom. The maximum Gasteiger partial charge on any atom is 0.191 e. The number of hydrogen-bond acceptors (Lipinski definition) is 2. The van der Waals surface area contributed by atoms with Crippen molar-refractivity contribution in [1.29, 1.82) is 0 Å². The molecule has 2 aromatic rings. The molecule has 0 saturated carbocycles. The Morgan fingerprint density at radius 3 is 2.48 bits per heavy atom. The summed E-state index contributed by atoms with van der Waals surface area (Å²) in [6.07, 6.45) is 2.38. The Kier molecular flexibility index (Phi) is 10.5. The van der Waals surface area contributed by atoms with Crippen LogP contribution in [-0.2, 0) is 6.42 Å². The molecule has 4 nitrogen and oxygen atoms in total. The fourth-order valence-corrected chi connectivity index (χ4v) is 3.77. The maximum atomic E-state index is 4.88. The minimum absolute atomic E-state index is 0. The van der Waals surface area contributed by atoms with Gasteiger partial charge in [-0.1, -0.05) is 60.7 Å². The number of nitrogens with zero attached hydrogens (tertiary/aromatic N) is 2. The molecule has 0 aromatic heterocycles. The smallest absolute Gasteiger partial charge is 0.191 e. The minimum atomic E-state index is 0. The second-order valence-electron chi connectivity index (χ2n) is 7.69. The normalized spacial score (nSPS) is 18.1. The van der Waals surface area contributed by atoms with E-state index in [0.717, 1.165) is 38.6 Å². The number of halogens is 1. The summed E-state index contributed by atoms with van der Waals surface area (Å²) in [6, 6.07) is 21.6. The van der Waals surface area contributed by atoms with Gasteiger partial charge in [0.15, 0.2) is 5.96 Å². The first-order valence-electron chi connectivity index (χ1n) is 10.6. The number of likely N-dealkylation sites (tertiary alicyclic amines) is 1. The number of nitrogens with one attached hydrogen (secondary N) is 2. The van der Waals surface area contributed by atoms with Crippen LogP contribution in [0.1, 0.15) is 37.4 Å². The molecule has 3 rings (SSSR count). The van der Waals surface area contributed by atoms with Crippen molar-refractivity contribution in [3.63, 3.8) is 0 Å². The predicted molar refractivity (Wildman–Crippen MR) is 134 cm³/mol. The standard InChI is InChI=1S/C24H34N4.HI/c1-3-25-24(27-20(2)23-12-8-5-9-13-23)26-18-22-15-17-28(19-22)16-14-21-10-6-4-7-11-21;/h4-13,20,22H,3,14-19H2,1-2H3,(H2,25,26,27);1H. The summed E-state index contributed by atoms with van der Waals surface area (Å²) in [4.78, 5) is 7.46. The highest BCUT2D eigenvalue weighted by Crippen LogP contribution is 2.17. The second kappa shape index (κ2) is 12.9. The Balaban J connectivity index is 0.00000300. The third kappa shape index (κ3) is 7.97. The third-order valence-electron chi connectivity index (χ3n) is 5.43. The lowest BCUT2D eigenvalue weighted by Crippen LogP contribution is -2.39. The summed E-state index contributed by atoms with van der Waals surface area (Å²) in [6.45, 7) is 9.56. The van der Waals surface area contributed by atoms with Crippen LogP contribution in [0.5, 0.6) is 0 Å². The molecule has 1 fully saturated rings. The first kappa shape index (κ1) is 23.7. The van der Waals surface area contributed by atoms with Crippen molar-refractivity contribution in [2.24, 2.45) is 10.9 Å². The predicted octanol–water partition coefficient (Wildman–Crippen LogP) is 4.49. The van der Waals surface area contributed by atoms with Crippen molar-refractivity contribution in [1.82, 2.24) is 15.5 Å². The number of benzene rings is 2. The second-order valence-corrected chi connectivity index (χ2v) is 7.69. The van der Waals surface area contributed by atoms with Crippen LogP contribution >= 0.6 is 24.0 Å². The highest BCUT2D eigenvalue weighted by molar-refractivity contribution is 14.0. The summed E-state index contributed by atoms with van der Waals surface area (Å²) < 4.78 is 0. The summed E-state index contributed by atoms with van der Waals surface area (Å²) in [5, 5.41) is 6.93. The molecule has 29 heavy (non-hydrogen) atoms. The Hall–Kier alpha value is -1.60. The van der Waals surface area contributed by atoms with Crippen LogP contribution in [0.4, 0.5) is 0 Å². The van der Waals surface area contributed by atoms with Gasteiger partial charge in [0.2, 0.25) is 0 Å². The van der Waals surface area contributed by atoms with E-state index in [1.165, 1.54) is 24.1 Å². The van der Waals surface area contributed by atoms with Crippen LogP contribution in [0, 0.1) is 5.92 Å². The molecule has 158 valence electrons. The van der Waals surface area contributed by atoms with Gasteiger partial charge in [-0.2, -0.15) is 0 Å². The van der Waals surface area contributed by atoms with Crippen molar-refractivity contribution >= 4 is 29.9 Å². The molecule has 0 amide bonds. The van der Waals surface area contributed by atoms with Gasteiger partial charge in [0.1, 0.15) is 0 Å². The molecule has 1 heterocycles. The first-order valence-corrected chi connectivity index (χ1v) is 10.6. The minimum Gasteiger partial charge on any atom is -0.357 e. The summed E-state index contributed by atoms with van der Waals surface area (Å²) >= 11 is 0. The molecule has 2 N–H and O–H groups in total. The van der Waals surface area contributed by atoms with Crippen molar-refractivity contribution in [2.75, 3.05) is 32.7 Å². The molecule has 2 aromatic carbocycles. The van der Waals surface area contributed by atoms with Gasteiger partial charge in [0, 0.05) is 26.2 Å². The Bertz CT molecular complexity index is 720. The Morgan fingerprint density at radius 1 is 1.10 bits per heavy atom. The average Bonchev–Trinajstić information content (AvgIpc) is 3.20. The zero-order valence-corrected chi connectivity index (χ0v) is 20.0. The van der Waals surface area contributed by atoms with Crippen LogP contribution in [0.25, 0.3) is 0 Å². The van der Waals surface area contributed by atoms with E-state index in [0.29, 0.717) is 5.92 Å². The molecule has 1 aliphatic rings. The van der Waals surface area contributed by atoms with Gasteiger partial charge in [0.05, 0.1) is 6.04 Å². The summed E-state index contributed by atoms with van der Waals surface area (Å²) in [5.74, 6) is 1.57. The van der Waals surface area contributed by atoms with Gasteiger partial charge >= 0.3 is 0 Å². The lowest BCUT2D eigenvalue weighted by molar-refractivity contribution is 0.329. The first-order chi connectivity index (χ1) is 13.7. The van der Waals surface area contributed by atoms with Crippen molar-refractivity contribution in [3.8, 4) is 0 Å². The number of hydrogen-bond donors (Lipinski definition) is 2. The van der Waals surface area contributed by atoms with Crippen LogP contribution in [0.3, 0.4) is 0 Å². The van der Waals surface area contributed by atoms with E-state index in [2.05, 4.69) is 90.0 Å². The highest BCUT2D eigenvalue weighted by Gasteiger charge is 2.22. The van der Waals surface area contributed by atoms with E-state index in [1.807, 2.05) is 0 Å². The lowest BCUT2D eigenvalue weighted by Gasteiger charge is -2.19. The van der Waals surface area contributed by atoms with E-state index in [-0.39, 0.29) is 30.0 Å². The molecule has 0 aliphatic carbocycles. The van der Waals surface area contributed by atoms with Crippen LogP contribution in [-0.4, -0.2) is 43.6 Å². The van der Waals surface area contributed by atoms with E-state index in [1.54, 1.807) is 0 Å². The van der Waals surface area contributed by atoms with Gasteiger partial charge < -0.3 is 15.5 Å². The van der Waals surface area contributed by atoms with Crippen molar-refractivity contribution < 1.29 is 0 Å². The molecule has 0 bridgehead atoms. The quantitative estimate of drug-likeness (QED) is 0.315. The van der Waals surface area contributed by atoms with Crippen LogP contribution in [0.2, 0.25) is 0 Å². The SMILES string of the molecule is CCNC(=NCC1CCN(CCc2ccccc2)C1)NC(C)c1ccccc1.I. The third-order valence-corrected chi connectivity index (χ3v) is 5.43. The monoisotopic (exact) mass is 506 g/mol. The zero-order valence-electron chi connectivity index (χ0n) is 17.7. The van der Waals surface area contributed by atoms with Crippen molar-refractivity contribution in [2.45, 2.75) is 32.7 Å². The molecular formula is C24H35IN4. The van der Waals surface area contributed by atoms with Gasteiger partial charge in [0.25, 0.3) is 0 Å². The Labute approximate surface area is 193 Å². The van der Waals surface area contributed by atoms with Gasteiger partial charge in [-0.05, 0) is 50.3 Å². The molecule has 2 atom stereocenters. The summed E-state index contributed by atoms with van der Waals surface area (Å²) in [5.41, 5.74) is 2.71.